The third-order valence-corrected chi connectivity index (χ3v) is 5.17. The normalized spacial score (nSPS) is 17.4. The zero-order chi connectivity index (χ0) is 17.6. The van der Waals surface area contributed by atoms with Gasteiger partial charge in [0.1, 0.15) is 11.2 Å². The quantitative estimate of drug-likeness (QED) is 0.799. The van der Waals surface area contributed by atoms with Crippen LogP contribution in [0.15, 0.2) is 36.8 Å². The Labute approximate surface area is 147 Å². The molecular formula is C20H24N4O. The summed E-state index contributed by atoms with van der Waals surface area (Å²) in [7, 11) is 2.15. The van der Waals surface area contributed by atoms with Crippen LogP contribution in [0, 0.1) is 6.92 Å². The Hall–Kier alpha value is -2.24. The molecule has 4 rings (SSSR count). The number of pyridine rings is 2. The molecule has 0 bridgehead atoms. The van der Waals surface area contributed by atoms with Crippen LogP contribution in [0.3, 0.4) is 0 Å². The number of aromatic nitrogens is 3. The summed E-state index contributed by atoms with van der Waals surface area (Å²) in [5.74, 6) is 0. The molecule has 0 saturated carbocycles. The van der Waals surface area contributed by atoms with Gasteiger partial charge in [0.2, 0.25) is 0 Å². The van der Waals surface area contributed by atoms with Crippen molar-refractivity contribution >= 4 is 11.0 Å². The van der Waals surface area contributed by atoms with Crippen LogP contribution in [0.5, 0.6) is 0 Å². The van der Waals surface area contributed by atoms with Gasteiger partial charge in [-0.3, -0.25) is 4.98 Å². The number of rotatable bonds is 3. The van der Waals surface area contributed by atoms with E-state index in [1.807, 2.05) is 25.3 Å². The molecule has 1 aliphatic rings. The molecule has 0 amide bonds. The third kappa shape index (κ3) is 2.83. The molecule has 1 N–H and O–H groups in total. The Bertz CT molecular complexity index is 914. The molecule has 0 saturated heterocycles. The van der Waals surface area contributed by atoms with Gasteiger partial charge >= 0.3 is 0 Å². The first-order valence-electron chi connectivity index (χ1n) is 8.74. The van der Waals surface area contributed by atoms with E-state index in [1.165, 1.54) is 22.2 Å². The second-order valence-electron chi connectivity index (χ2n) is 7.40. The predicted octanol–water partition coefficient (Wildman–Crippen LogP) is 2.64. The molecule has 0 fully saturated rings. The van der Waals surface area contributed by atoms with Gasteiger partial charge in [-0.1, -0.05) is 6.07 Å². The highest BCUT2D eigenvalue weighted by Gasteiger charge is 2.29. The third-order valence-electron chi connectivity index (χ3n) is 5.17. The first-order chi connectivity index (χ1) is 12.0. The van der Waals surface area contributed by atoms with Crippen LogP contribution >= 0.6 is 0 Å². The lowest BCUT2D eigenvalue weighted by Gasteiger charge is -2.28. The predicted molar refractivity (Wildman–Crippen MR) is 98.3 cm³/mol. The molecule has 4 heterocycles. The molecular weight excluding hydrogens is 312 g/mol. The molecule has 1 atom stereocenters. The Morgan fingerprint density at radius 3 is 2.92 bits per heavy atom. The highest BCUT2D eigenvalue weighted by atomic mass is 16.3. The van der Waals surface area contributed by atoms with Gasteiger partial charge in [-0.05, 0) is 44.2 Å². The fraction of sp³-hybridized carbons (Fsp3) is 0.400. The summed E-state index contributed by atoms with van der Waals surface area (Å²) in [5, 5.41) is 12.3. The Balaban J connectivity index is 1.85. The molecule has 130 valence electrons. The maximum Gasteiger partial charge on any atom is 0.140 e. The van der Waals surface area contributed by atoms with Crippen LogP contribution in [0.1, 0.15) is 29.3 Å². The van der Waals surface area contributed by atoms with Crippen molar-refractivity contribution in [2.24, 2.45) is 0 Å². The largest absolute Gasteiger partial charge is 0.384 e. The summed E-state index contributed by atoms with van der Waals surface area (Å²) >= 11 is 0. The standard InChI is InChI=1S/C20H24N4O/c1-14-9-16-17-12-23(3)8-6-18(17)24(19(16)22-10-14)13-20(2,25)15-5-4-7-21-11-15/h4-5,7,9-11,25H,6,8,12-13H2,1-3H3. The van der Waals surface area contributed by atoms with Crippen molar-refractivity contribution in [3.8, 4) is 0 Å². The zero-order valence-electron chi connectivity index (χ0n) is 15.0. The number of likely N-dealkylation sites (N-methyl/N-ethyl adjacent to an activating group) is 1. The molecule has 0 aromatic carbocycles. The fourth-order valence-corrected chi connectivity index (χ4v) is 3.80. The molecule has 0 radical (unpaired) electrons. The minimum absolute atomic E-state index is 0.476. The Morgan fingerprint density at radius 2 is 2.16 bits per heavy atom. The van der Waals surface area contributed by atoms with E-state index >= 15 is 0 Å². The highest BCUT2D eigenvalue weighted by Crippen LogP contribution is 2.33. The van der Waals surface area contributed by atoms with Crippen LogP contribution in [-0.4, -0.2) is 38.1 Å². The molecule has 0 spiro atoms. The molecule has 25 heavy (non-hydrogen) atoms. The van der Waals surface area contributed by atoms with Gasteiger partial charge in [0.15, 0.2) is 0 Å². The number of aliphatic hydroxyl groups is 1. The van der Waals surface area contributed by atoms with Crippen LogP contribution in [0.2, 0.25) is 0 Å². The van der Waals surface area contributed by atoms with Gasteiger partial charge < -0.3 is 14.6 Å². The van der Waals surface area contributed by atoms with Crippen molar-refractivity contribution in [3.63, 3.8) is 0 Å². The number of fused-ring (bicyclic) bond motifs is 3. The Morgan fingerprint density at radius 1 is 1.32 bits per heavy atom. The topological polar surface area (TPSA) is 54.2 Å². The molecule has 0 aliphatic carbocycles. The van der Waals surface area contributed by atoms with E-state index in [-0.39, 0.29) is 0 Å². The lowest BCUT2D eigenvalue weighted by Crippen LogP contribution is -2.31. The highest BCUT2D eigenvalue weighted by molar-refractivity contribution is 5.83. The number of hydrogen-bond acceptors (Lipinski definition) is 4. The van der Waals surface area contributed by atoms with Crippen molar-refractivity contribution in [2.45, 2.75) is 39.0 Å². The SMILES string of the molecule is Cc1cnc2c(c1)c1c(n2CC(C)(O)c2cccnc2)CCN(C)C1. The van der Waals surface area contributed by atoms with Gasteiger partial charge in [0, 0.05) is 54.7 Å². The maximum atomic E-state index is 11.1. The molecule has 1 unspecified atom stereocenters. The van der Waals surface area contributed by atoms with E-state index < -0.39 is 5.60 Å². The Kier molecular flexibility index (Phi) is 3.85. The average molecular weight is 336 g/mol. The lowest BCUT2D eigenvalue weighted by atomic mass is 9.97. The summed E-state index contributed by atoms with van der Waals surface area (Å²) < 4.78 is 2.21. The van der Waals surface area contributed by atoms with E-state index in [0.29, 0.717) is 6.54 Å². The lowest BCUT2D eigenvalue weighted by molar-refractivity contribution is 0.0380. The first kappa shape index (κ1) is 16.2. The van der Waals surface area contributed by atoms with Crippen molar-refractivity contribution < 1.29 is 5.11 Å². The summed E-state index contributed by atoms with van der Waals surface area (Å²) in [6.45, 7) is 6.36. The van der Waals surface area contributed by atoms with E-state index in [1.54, 1.807) is 12.4 Å². The van der Waals surface area contributed by atoms with E-state index in [9.17, 15) is 5.11 Å². The second kappa shape index (κ2) is 5.93. The van der Waals surface area contributed by atoms with Gasteiger partial charge in [-0.25, -0.2) is 4.98 Å². The van der Waals surface area contributed by atoms with Crippen LogP contribution in [0.4, 0.5) is 0 Å². The fourth-order valence-electron chi connectivity index (χ4n) is 3.80. The van der Waals surface area contributed by atoms with Crippen molar-refractivity contribution in [2.75, 3.05) is 13.6 Å². The van der Waals surface area contributed by atoms with Crippen molar-refractivity contribution in [3.05, 3.63) is 59.2 Å². The molecule has 5 nitrogen and oxygen atoms in total. The van der Waals surface area contributed by atoms with Gasteiger partial charge in [-0.15, -0.1) is 0 Å². The second-order valence-corrected chi connectivity index (χ2v) is 7.40. The van der Waals surface area contributed by atoms with E-state index in [0.717, 1.165) is 30.7 Å². The average Bonchev–Trinajstić information content (AvgIpc) is 2.88. The monoisotopic (exact) mass is 336 g/mol. The molecule has 5 heteroatoms. The smallest absolute Gasteiger partial charge is 0.140 e. The number of aryl methyl sites for hydroxylation is 1. The van der Waals surface area contributed by atoms with E-state index in [2.05, 4.69) is 34.5 Å². The summed E-state index contributed by atoms with van der Waals surface area (Å²) in [4.78, 5) is 11.2. The minimum atomic E-state index is -0.996. The molecule has 3 aromatic rings. The van der Waals surface area contributed by atoms with Gasteiger partial charge in [0.25, 0.3) is 0 Å². The first-order valence-corrected chi connectivity index (χ1v) is 8.74. The number of nitrogens with zero attached hydrogens (tertiary/aromatic N) is 4. The minimum Gasteiger partial charge on any atom is -0.384 e. The van der Waals surface area contributed by atoms with Crippen molar-refractivity contribution in [1.29, 1.82) is 0 Å². The summed E-state index contributed by atoms with van der Waals surface area (Å²) in [5.41, 5.74) is 4.61. The molecule has 1 aliphatic heterocycles. The maximum absolute atomic E-state index is 11.1. The van der Waals surface area contributed by atoms with Crippen LogP contribution < -0.4 is 0 Å². The van der Waals surface area contributed by atoms with Crippen molar-refractivity contribution in [1.82, 2.24) is 19.4 Å². The van der Waals surface area contributed by atoms with Crippen LogP contribution in [0.25, 0.3) is 11.0 Å². The summed E-state index contributed by atoms with van der Waals surface area (Å²) in [6.07, 6.45) is 6.35. The summed E-state index contributed by atoms with van der Waals surface area (Å²) in [6, 6.07) is 6.01. The van der Waals surface area contributed by atoms with Gasteiger partial charge in [0.05, 0.1) is 6.54 Å². The number of hydrogen-bond donors (Lipinski definition) is 1. The molecule has 3 aromatic heterocycles. The van der Waals surface area contributed by atoms with E-state index in [4.69, 9.17) is 4.98 Å². The van der Waals surface area contributed by atoms with Crippen LogP contribution in [-0.2, 0) is 25.1 Å². The zero-order valence-corrected chi connectivity index (χ0v) is 15.0. The van der Waals surface area contributed by atoms with Gasteiger partial charge in [-0.2, -0.15) is 0 Å².